The zero-order valence-corrected chi connectivity index (χ0v) is 13.9. The molecule has 3 aromatic heterocycles. The molecule has 7 heteroatoms. The molecule has 0 spiro atoms. The predicted molar refractivity (Wildman–Crippen MR) is 93.9 cm³/mol. The van der Waals surface area contributed by atoms with E-state index in [1.807, 2.05) is 35.0 Å². The van der Waals surface area contributed by atoms with Crippen LogP contribution in [0, 0.1) is 0 Å². The van der Waals surface area contributed by atoms with Crippen molar-refractivity contribution in [1.29, 1.82) is 0 Å². The Kier molecular flexibility index (Phi) is 4.89. The monoisotopic (exact) mass is 350 g/mol. The van der Waals surface area contributed by atoms with E-state index in [4.69, 9.17) is 0 Å². The van der Waals surface area contributed by atoms with Crippen molar-refractivity contribution in [2.45, 2.75) is 6.10 Å². The zero-order valence-electron chi connectivity index (χ0n) is 11.5. The molecular formula is C15H14N2O2S3. The largest absolute Gasteiger partial charge is 0.386 e. The first-order chi connectivity index (χ1) is 10.7. The highest BCUT2D eigenvalue weighted by Crippen LogP contribution is 2.32. The molecule has 2 amide bonds. The molecule has 4 nitrogen and oxygen atoms in total. The van der Waals surface area contributed by atoms with E-state index in [0.29, 0.717) is 0 Å². The van der Waals surface area contributed by atoms with Gasteiger partial charge in [0, 0.05) is 15.3 Å². The second kappa shape index (κ2) is 7.06. The Morgan fingerprint density at radius 3 is 2.86 bits per heavy atom. The minimum absolute atomic E-state index is 0.181. The minimum Gasteiger partial charge on any atom is -0.386 e. The van der Waals surface area contributed by atoms with Crippen LogP contribution >= 0.6 is 34.0 Å². The Bertz CT molecular complexity index is 720. The number of amides is 2. The summed E-state index contributed by atoms with van der Waals surface area (Å²) in [5.41, 5.74) is 1.16. The molecule has 0 aliphatic carbocycles. The third-order valence-corrected chi connectivity index (χ3v) is 5.68. The first-order valence-corrected chi connectivity index (χ1v) is 9.25. The molecule has 1 atom stereocenters. The Morgan fingerprint density at radius 2 is 2.14 bits per heavy atom. The number of carbonyl (C=O) groups is 1. The quantitative estimate of drug-likeness (QED) is 0.639. The van der Waals surface area contributed by atoms with Crippen LogP contribution in [-0.2, 0) is 0 Å². The van der Waals surface area contributed by atoms with Gasteiger partial charge in [0.15, 0.2) is 0 Å². The van der Waals surface area contributed by atoms with Gasteiger partial charge in [-0.15, -0.1) is 22.7 Å². The summed E-state index contributed by atoms with van der Waals surface area (Å²) in [6.07, 6.45) is -0.702. The maximum Gasteiger partial charge on any atom is 0.319 e. The van der Waals surface area contributed by atoms with Crippen LogP contribution in [0.5, 0.6) is 0 Å². The molecule has 0 aliphatic heterocycles. The van der Waals surface area contributed by atoms with Crippen LogP contribution in [0.15, 0.2) is 46.5 Å². The van der Waals surface area contributed by atoms with E-state index in [2.05, 4.69) is 22.1 Å². The van der Waals surface area contributed by atoms with Gasteiger partial charge in [0.25, 0.3) is 0 Å². The summed E-state index contributed by atoms with van der Waals surface area (Å²) >= 11 is 4.64. The second-order valence-electron chi connectivity index (χ2n) is 4.54. The summed E-state index contributed by atoms with van der Waals surface area (Å²) in [6.45, 7) is 0.181. The molecule has 3 rings (SSSR count). The molecule has 0 aromatic carbocycles. The Morgan fingerprint density at radius 1 is 1.23 bits per heavy atom. The average molecular weight is 350 g/mol. The Balaban J connectivity index is 1.53. The SMILES string of the molecule is O=C(NCC(O)c1ccc(-c2ccsc2)s1)Nc1cccs1. The molecular weight excluding hydrogens is 336 g/mol. The summed E-state index contributed by atoms with van der Waals surface area (Å²) < 4.78 is 0. The van der Waals surface area contributed by atoms with Gasteiger partial charge in [0.1, 0.15) is 6.10 Å². The smallest absolute Gasteiger partial charge is 0.319 e. The molecule has 0 radical (unpaired) electrons. The number of thiophene rings is 3. The number of hydrogen-bond acceptors (Lipinski definition) is 5. The van der Waals surface area contributed by atoms with E-state index in [1.165, 1.54) is 11.3 Å². The van der Waals surface area contributed by atoms with Gasteiger partial charge in [-0.05, 0) is 46.5 Å². The van der Waals surface area contributed by atoms with Gasteiger partial charge in [0.05, 0.1) is 11.5 Å². The molecule has 0 saturated heterocycles. The van der Waals surface area contributed by atoms with Crippen LogP contribution in [-0.4, -0.2) is 17.7 Å². The van der Waals surface area contributed by atoms with E-state index in [1.54, 1.807) is 22.7 Å². The van der Waals surface area contributed by atoms with Crippen molar-refractivity contribution in [3.63, 3.8) is 0 Å². The van der Waals surface area contributed by atoms with Crippen molar-refractivity contribution >= 4 is 45.0 Å². The second-order valence-corrected chi connectivity index (χ2v) is 7.39. The van der Waals surface area contributed by atoms with E-state index in [0.717, 1.165) is 20.3 Å². The highest BCUT2D eigenvalue weighted by molar-refractivity contribution is 7.16. The lowest BCUT2D eigenvalue weighted by Crippen LogP contribution is -2.31. The van der Waals surface area contributed by atoms with Crippen LogP contribution in [0.3, 0.4) is 0 Å². The summed E-state index contributed by atoms with van der Waals surface area (Å²) in [5, 5.41) is 22.4. The Hall–Kier alpha value is -1.67. The number of anilines is 1. The fraction of sp³-hybridized carbons (Fsp3) is 0.133. The van der Waals surface area contributed by atoms with Crippen molar-refractivity contribution in [2.75, 3.05) is 11.9 Å². The molecule has 3 N–H and O–H groups in total. The molecule has 3 aromatic rings. The highest BCUT2D eigenvalue weighted by Gasteiger charge is 2.13. The fourth-order valence-electron chi connectivity index (χ4n) is 1.89. The topological polar surface area (TPSA) is 61.4 Å². The number of rotatable bonds is 5. The van der Waals surface area contributed by atoms with E-state index >= 15 is 0 Å². The van der Waals surface area contributed by atoms with Crippen molar-refractivity contribution in [1.82, 2.24) is 5.32 Å². The number of aliphatic hydroxyl groups is 1. The lowest BCUT2D eigenvalue weighted by atomic mass is 10.2. The van der Waals surface area contributed by atoms with Crippen molar-refractivity contribution < 1.29 is 9.90 Å². The maximum absolute atomic E-state index is 11.7. The van der Waals surface area contributed by atoms with Crippen LogP contribution in [0.4, 0.5) is 9.80 Å². The first kappa shape index (κ1) is 15.2. The average Bonchev–Trinajstić information content (AvgIpc) is 3.23. The van der Waals surface area contributed by atoms with Crippen LogP contribution < -0.4 is 10.6 Å². The molecule has 3 heterocycles. The summed E-state index contributed by atoms with van der Waals surface area (Å²) in [6, 6.07) is 9.34. The molecule has 0 aliphatic rings. The molecule has 0 bridgehead atoms. The summed E-state index contributed by atoms with van der Waals surface area (Å²) in [4.78, 5) is 13.7. The lowest BCUT2D eigenvalue weighted by molar-refractivity contribution is 0.178. The third-order valence-electron chi connectivity index (χ3n) is 2.97. The molecule has 114 valence electrons. The first-order valence-electron chi connectivity index (χ1n) is 6.61. The summed E-state index contributed by atoms with van der Waals surface area (Å²) in [7, 11) is 0. The van der Waals surface area contributed by atoms with Gasteiger partial charge in [-0.3, -0.25) is 5.32 Å². The van der Waals surface area contributed by atoms with Gasteiger partial charge < -0.3 is 10.4 Å². The number of aliphatic hydroxyl groups excluding tert-OH is 1. The van der Waals surface area contributed by atoms with Gasteiger partial charge >= 0.3 is 6.03 Å². The van der Waals surface area contributed by atoms with E-state index in [-0.39, 0.29) is 12.6 Å². The zero-order chi connectivity index (χ0) is 15.4. The van der Waals surface area contributed by atoms with Crippen molar-refractivity contribution in [3.05, 3.63) is 51.3 Å². The van der Waals surface area contributed by atoms with E-state index < -0.39 is 6.10 Å². The third kappa shape index (κ3) is 3.75. The van der Waals surface area contributed by atoms with Crippen LogP contribution in [0.1, 0.15) is 11.0 Å². The highest BCUT2D eigenvalue weighted by atomic mass is 32.1. The van der Waals surface area contributed by atoms with E-state index in [9.17, 15) is 9.90 Å². The van der Waals surface area contributed by atoms with Gasteiger partial charge in [-0.2, -0.15) is 11.3 Å². The number of nitrogens with one attached hydrogen (secondary N) is 2. The minimum atomic E-state index is -0.702. The molecule has 1 unspecified atom stereocenters. The van der Waals surface area contributed by atoms with Crippen LogP contribution in [0.25, 0.3) is 10.4 Å². The van der Waals surface area contributed by atoms with Gasteiger partial charge in [0.2, 0.25) is 0 Å². The predicted octanol–water partition coefficient (Wildman–Crippen LogP) is 4.39. The van der Waals surface area contributed by atoms with Crippen LogP contribution in [0.2, 0.25) is 0 Å². The van der Waals surface area contributed by atoms with Crippen molar-refractivity contribution in [3.8, 4) is 10.4 Å². The summed E-state index contributed by atoms with van der Waals surface area (Å²) in [5.74, 6) is 0. The molecule has 0 saturated carbocycles. The maximum atomic E-state index is 11.7. The van der Waals surface area contributed by atoms with Crippen molar-refractivity contribution in [2.24, 2.45) is 0 Å². The standard InChI is InChI=1S/C15H14N2O2S3/c18-11(8-16-15(19)17-14-2-1-6-21-14)13-4-3-12(22-13)10-5-7-20-9-10/h1-7,9,11,18H,8H2,(H2,16,17,19). The lowest BCUT2D eigenvalue weighted by Gasteiger charge is -2.10. The number of hydrogen-bond donors (Lipinski definition) is 3. The number of carbonyl (C=O) groups excluding carboxylic acids is 1. The molecule has 0 fully saturated rings. The Labute approximate surface area is 140 Å². The fourth-order valence-corrected chi connectivity index (χ4v) is 4.22. The van der Waals surface area contributed by atoms with Gasteiger partial charge in [-0.1, -0.05) is 0 Å². The number of urea groups is 1. The van der Waals surface area contributed by atoms with Gasteiger partial charge in [-0.25, -0.2) is 4.79 Å². The molecule has 22 heavy (non-hydrogen) atoms. The normalized spacial score (nSPS) is 12.0.